The summed E-state index contributed by atoms with van der Waals surface area (Å²) in [5, 5.41) is 12.3. The maximum Gasteiger partial charge on any atom is 0.252 e. The van der Waals surface area contributed by atoms with E-state index in [4.69, 9.17) is 4.74 Å². The van der Waals surface area contributed by atoms with Crippen LogP contribution >= 0.6 is 0 Å². The average Bonchev–Trinajstić information content (AvgIpc) is 2.44. The average molecular weight is 207 g/mol. The fourth-order valence-electron chi connectivity index (χ4n) is 1.61. The van der Waals surface area contributed by atoms with Crippen LogP contribution in [0.2, 0.25) is 0 Å². The predicted molar refractivity (Wildman–Crippen MR) is 54.2 cm³/mol. The van der Waals surface area contributed by atoms with Crippen LogP contribution in [0.25, 0.3) is 0 Å². The van der Waals surface area contributed by atoms with Crippen molar-refractivity contribution in [2.24, 2.45) is 0 Å². The monoisotopic (exact) mass is 207 g/mol. The van der Waals surface area contributed by atoms with Gasteiger partial charge < -0.3 is 15.2 Å². The number of hydrogen-bond donors (Lipinski definition) is 2. The lowest BCUT2D eigenvalue weighted by atomic mass is 10.0. The van der Waals surface area contributed by atoms with Gasteiger partial charge in [0.25, 0.3) is 5.91 Å². The second kappa shape index (κ2) is 4.42. The van der Waals surface area contributed by atoms with Gasteiger partial charge in [0.05, 0.1) is 6.61 Å². The van der Waals surface area contributed by atoms with E-state index in [9.17, 15) is 9.90 Å². The van der Waals surface area contributed by atoms with Crippen molar-refractivity contribution >= 4 is 5.91 Å². The molecule has 1 aliphatic rings. The molecule has 1 aliphatic heterocycles. The first-order valence-electron chi connectivity index (χ1n) is 4.91. The summed E-state index contributed by atoms with van der Waals surface area (Å²) in [6, 6.07) is 9.27. The van der Waals surface area contributed by atoms with Crippen molar-refractivity contribution in [3.8, 4) is 0 Å². The van der Waals surface area contributed by atoms with Crippen LogP contribution in [0.4, 0.5) is 0 Å². The lowest BCUT2D eigenvalue weighted by molar-refractivity contribution is -0.134. The van der Waals surface area contributed by atoms with E-state index in [1.54, 1.807) is 0 Å². The van der Waals surface area contributed by atoms with Gasteiger partial charge in [-0.2, -0.15) is 0 Å². The van der Waals surface area contributed by atoms with E-state index in [-0.39, 0.29) is 5.91 Å². The van der Waals surface area contributed by atoms with Crippen LogP contribution in [0.1, 0.15) is 11.7 Å². The fourth-order valence-corrected chi connectivity index (χ4v) is 1.61. The molecule has 0 aliphatic carbocycles. The molecule has 0 saturated carbocycles. The molecule has 1 fully saturated rings. The Morgan fingerprint density at radius 3 is 2.80 bits per heavy atom. The van der Waals surface area contributed by atoms with E-state index in [1.807, 2.05) is 30.3 Å². The number of nitrogens with one attached hydrogen (secondary N) is 1. The third kappa shape index (κ3) is 2.16. The number of carbonyl (C=O) groups is 1. The molecule has 2 rings (SSSR count). The Morgan fingerprint density at radius 2 is 2.07 bits per heavy atom. The first-order valence-corrected chi connectivity index (χ1v) is 4.91. The normalized spacial score (nSPS) is 26.9. The lowest BCUT2D eigenvalue weighted by Gasteiger charge is -2.18. The van der Waals surface area contributed by atoms with Crippen molar-refractivity contribution in [2.45, 2.75) is 12.2 Å². The molecule has 1 amide bonds. The second-order valence-corrected chi connectivity index (χ2v) is 3.44. The highest BCUT2D eigenvalue weighted by Gasteiger charge is 2.30. The number of ether oxygens (including phenoxy) is 1. The summed E-state index contributed by atoms with van der Waals surface area (Å²) < 4.78 is 5.44. The number of carbonyl (C=O) groups excluding carboxylic acids is 1. The van der Waals surface area contributed by atoms with Gasteiger partial charge in [0.15, 0.2) is 6.10 Å². The van der Waals surface area contributed by atoms with Gasteiger partial charge in [0, 0.05) is 6.54 Å². The van der Waals surface area contributed by atoms with Crippen LogP contribution in [0.15, 0.2) is 30.3 Å². The molecule has 0 radical (unpaired) electrons. The highest BCUT2D eigenvalue weighted by atomic mass is 16.5. The number of benzene rings is 1. The fraction of sp³-hybridized carbons (Fsp3) is 0.364. The third-order valence-corrected chi connectivity index (χ3v) is 2.38. The van der Waals surface area contributed by atoms with Gasteiger partial charge in [-0.05, 0) is 5.56 Å². The van der Waals surface area contributed by atoms with Crippen LogP contribution in [-0.2, 0) is 9.53 Å². The maximum atomic E-state index is 11.4. The van der Waals surface area contributed by atoms with E-state index in [0.29, 0.717) is 13.2 Å². The molecule has 2 unspecified atom stereocenters. The molecule has 1 heterocycles. The van der Waals surface area contributed by atoms with E-state index >= 15 is 0 Å². The number of amides is 1. The van der Waals surface area contributed by atoms with Gasteiger partial charge in [-0.3, -0.25) is 4.79 Å². The first-order chi connectivity index (χ1) is 7.29. The molecule has 15 heavy (non-hydrogen) atoms. The Labute approximate surface area is 87.9 Å². The lowest BCUT2D eigenvalue weighted by Crippen LogP contribution is -2.36. The molecule has 0 bridgehead atoms. The summed E-state index contributed by atoms with van der Waals surface area (Å²) in [7, 11) is 0. The molecule has 0 aromatic heterocycles. The van der Waals surface area contributed by atoms with E-state index in [1.165, 1.54) is 0 Å². The molecule has 1 saturated heterocycles. The predicted octanol–water partition coefficient (Wildman–Crippen LogP) is 0.235. The summed E-state index contributed by atoms with van der Waals surface area (Å²) in [6.07, 6.45) is -1.69. The first kappa shape index (κ1) is 10.1. The molecule has 1 aromatic carbocycles. The van der Waals surface area contributed by atoms with Crippen LogP contribution in [-0.4, -0.2) is 30.3 Å². The zero-order chi connectivity index (χ0) is 10.7. The summed E-state index contributed by atoms with van der Waals surface area (Å²) in [5.74, 6) is -0.374. The van der Waals surface area contributed by atoms with Gasteiger partial charge in [0.2, 0.25) is 0 Å². The molecule has 2 N–H and O–H groups in total. The van der Waals surface area contributed by atoms with E-state index in [0.717, 1.165) is 5.56 Å². The van der Waals surface area contributed by atoms with Gasteiger partial charge in [-0.15, -0.1) is 0 Å². The molecule has 2 atom stereocenters. The minimum atomic E-state index is -1.13. The van der Waals surface area contributed by atoms with Crippen molar-refractivity contribution in [3.05, 3.63) is 35.9 Å². The Bertz CT molecular complexity index is 339. The Kier molecular flexibility index (Phi) is 2.99. The second-order valence-electron chi connectivity index (χ2n) is 3.44. The molecule has 4 nitrogen and oxygen atoms in total. The maximum absolute atomic E-state index is 11.4. The Morgan fingerprint density at radius 1 is 1.33 bits per heavy atom. The van der Waals surface area contributed by atoms with Gasteiger partial charge in [-0.25, -0.2) is 0 Å². The third-order valence-electron chi connectivity index (χ3n) is 2.38. The zero-order valence-electron chi connectivity index (χ0n) is 8.22. The van der Waals surface area contributed by atoms with E-state index in [2.05, 4.69) is 5.32 Å². The Hall–Kier alpha value is -1.39. The van der Waals surface area contributed by atoms with Gasteiger partial charge in [-0.1, -0.05) is 30.3 Å². The van der Waals surface area contributed by atoms with Crippen molar-refractivity contribution in [3.63, 3.8) is 0 Å². The molecular weight excluding hydrogens is 194 g/mol. The zero-order valence-corrected chi connectivity index (χ0v) is 8.22. The molecule has 4 heteroatoms. The molecule has 1 aromatic rings. The van der Waals surface area contributed by atoms with Crippen molar-refractivity contribution in [1.29, 1.82) is 0 Å². The summed E-state index contributed by atoms with van der Waals surface area (Å²) in [4.78, 5) is 11.4. The standard InChI is InChI=1S/C11H13NO3/c13-9-10(8-4-2-1-3-5-8)15-7-6-12-11(9)14/h1-5,9-10,13H,6-7H2,(H,12,14). The highest BCUT2D eigenvalue weighted by molar-refractivity contribution is 5.81. The number of aliphatic hydroxyl groups excluding tert-OH is 1. The van der Waals surface area contributed by atoms with Gasteiger partial charge >= 0.3 is 0 Å². The summed E-state index contributed by atoms with van der Waals surface area (Å²) in [5.41, 5.74) is 0.821. The largest absolute Gasteiger partial charge is 0.380 e. The minimum Gasteiger partial charge on any atom is -0.380 e. The highest BCUT2D eigenvalue weighted by Crippen LogP contribution is 2.22. The van der Waals surface area contributed by atoms with E-state index < -0.39 is 12.2 Å². The van der Waals surface area contributed by atoms with Crippen LogP contribution in [0.5, 0.6) is 0 Å². The quantitative estimate of drug-likeness (QED) is 0.693. The van der Waals surface area contributed by atoms with Crippen molar-refractivity contribution in [2.75, 3.05) is 13.2 Å². The topological polar surface area (TPSA) is 58.6 Å². The molecular formula is C11H13NO3. The van der Waals surface area contributed by atoms with Crippen molar-refractivity contribution < 1.29 is 14.6 Å². The summed E-state index contributed by atoms with van der Waals surface area (Å²) >= 11 is 0. The number of hydrogen-bond acceptors (Lipinski definition) is 3. The minimum absolute atomic E-state index is 0.374. The van der Waals surface area contributed by atoms with Crippen molar-refractivity contribution in [1.82, 2.24) is 5.32 Å². The Balaban J connectivity index is 2.23. The van der Waals surface area contributed by atoms with Crippen LogP contribution in [0.3, 0.4) is 0 Å². The van der Waals surface area contributed by atoms with Gasteiger partial charge in [0.1, 0.15) is 6.10 Å². The molecule has 80 valence electrons. The SMILES string of the molecule is O=C1NCCOC(c2ccccc2)C1O. The van der Waals surface area contributed by atoms with Crippen LogP contribution in [0, 0.1) is 0 Å². The smallest absolute Gasteiger partial charge is 0.252 e. The molecule has 0 spiro atoms. The number of rotatable bonds is 1. The number of aliphatic hydroxyl groups is 1. The van der Waals surface area contributed by atoms with Crippen LogP contribution < -0.4 is 5.32 Å². The summed E-state index contributed by atoms with van der Waals surface area (Å²) in [6.45, 7) is 0.863.